The molecule has 26 heavy (non-hydrogen) atoms. The molecular formula is C16H11ClN6O2S. The van der Waals surface area contributed by atoms with Crippen LogP contribution in [0.1, 0.15) is 11.5 Å². The van der Waals surface area contributed by atoms with Crippen LogP contribution < -0.4 is 5.56 Å². The Morgan fingerprint density at radius 1 is 1.27 bits per heavy atom. The van der Waals surface area contributed by atoms with Crippen molar-refractivity contribution in [2.45, 2.75) is 13.5 Å². The minimum absolute atomic E-state index is 0.183. The molecule has 8 nitrogen and oxygen atoms in total. The first-order valence-electron chi connectivity index (χ1n) is 7.54. The third kappa shape index (κ3) is 3.39. The first-order valence-corrected chi connectivity index (χ1v) is 8.69. The fourth-order valence-electron chi connectivity index (χ4n) is 2.29. The largest absolute Gasteiger partial charge is 0.359 e. The summed E-state index contributed by atoms with van der Waals surface area (Å²) < 4.78 is 10.8. The Bertz CT molecular complexity index is 1140. The molecule has 10 heteroatoms. The lowest BCUT2D eigenvalue weighted by Crippen LogP contribution is -2.22. The molecule has 4 heterocycles. The molecule has 0 fully saturated rings. The molecule has 0 saturated carbocycles. The Balaban J connectivity index is 1.66. The van der Waals surface area contributed by atoms with Gasteiger partial charge in [-0.3, -0.25) is 9.78 Å². The van der Waals surface area contributed by atoms with Crippen LogP contribution in [0.15, 0.2) is 46.0 Å². The fourth-order valence-corrected chi connectivity index (χ4v) is 3.12. The summed E-state index contributed by atoms with van der Waals surface area (Å²) in [7, 11) is 0. The minimum atomic E-state index is -0.253. The van der Waals surface area contributed by atoms with Gasteiger partial charge >= 0.3 is 0 Å². The molecule has 4 aromatic rings. The first-order chi connectivity index (χ1) is 12.6. The van der Waals surface area contributed by atoms with Crippen LogP contribution in [-0.2, 0) is 6.54 Å². The summed E-state index contributed by atoms with van der Waals surface area (Å²) in [6.07, 6.45) is 3.21. The summed E-state index contributed by atoms with van der Waals surface area (Å²) in [6, 6.07) is 6.53. The highest BCUT2D eigenvalue weighted by Gasteiger charge is 2.13. The molecule has 0 aromatic carbocycles. The second-order valence-corrected chi connectivity index (χ2v) is 6.65. The van der Waals surface area contributed by atoms with E-state index in [1.165, 1.54) is 22.3 Å². The van der Waals surface area contributed by atoms with Crippen molar-refractivity contribution >= 4 is 23.1 Å². The molecule has 0 atom stereocenters. The van der Waals surface area contributed by atoms with Crippen LogP contribution >= 0.6 is 23.1 Å². The lowest BCUT2D eigenvalue weighted by molar-refractivity contribution is 0.365. The predicted octanol–water partition coefficient (Wildman–Crippen LogP) is 2.82. The molecule has 0 bridgehead atoms. The zero-order valence-electron chi connectivity index (χ0n) is 13.5. The van der Waals surface area contributed by atoms with Crippen LogP contribution in [-0.4, -0.2) is 29.3 Å². The topological polar surface area (TPSA) is 99.6 Å². The summed E-state index contributed by atoms with van der Waals surface area (Å²) in [5, 5.41) is 9.33. The maximum Gasteiger partial charge on any atom is 0.267 e. The van der Waals surface area contributed by atoms with Gasteiger partial charge in [0, 0.05) is 30.1 Å². The lowest BCUT2D eigenvalue weighted by atomic mass is 10.3. The molecular weight excluding hydrogens is 376 g/mol. The summed E-state index contributed by atoms with van der Waals surface area (Å²) in [5.41, 5.74) is 1.74. The second kappa shape index (κ2) is 6.77. The first kappa shape index (κ1) is 16.6. The van der Waals surface area contributed by atoms with Gasteiger partial charge in [0.2, 0.25) is 0 Å². The Kier molecular flexibility index (Phi) is 4.31. The van der Waals surface area contributed by atoms with E-state index in [1.54, 1.807) is 30.6 Å². The highest BCUT2D eigenvalue weighted by atomic mass is 35.5. The van der Waals surface area contributed by atoms with Crippen LogP contribution in [0.2, 0.25) is 5.02 Å². The van der Waals surface area contributed by atoms with E-state index >= 15 is 0 Å². The Morgan fingerprint density at radius 2 is 2.15 bits per heavy atom. The van der Waals surface area contributed by atoms with E-state index < -0.39 is 0 Å². The number of hydrogen-bond acceptors (Lipinski definition) is 8. The third-order valence-corrected chi connectivity index (χ3v) is 4.43. The summed E-state index contributed by atoms with van der Waals surface area (Å²) in [5.74, 6) is 0.971. The molecule has 0 unspecified atom stereocenters. The van der Waals surface area contributed by atoms with Crippen molar-refractivity contribution in [3.05, 3.63) is 63.5 Å². The number of nitrogens with zero attached hydrogens (tertiary/aromatic N) is 6. The van der Waals surface area contributed by atoms with Gasteiger partial charge in [-0.2, -0.15) is 9.47 Å². The van der Waals surface area contributed by atoms with Crippen molar-refractivity contribution in [2.75, 3.05) is 0 Å². The van der Waals surface area contributed by atoms with Crippen molar-refractivity contribution in [1.82, 2.24) is 29.3 Å². The molecule has 130 valence electrons. The van der Waals surface area contributed by atoms with Crippen LogP contribution in [0.3, 0.4) is 0 Å². The zero-order valence-corrected chi connectivity index (χ0v) is 15.0. The molecule has 0 aliphatic heterocycles. The standard InChI is InChI=1S/C16H11ClN6O2S/c1-9-4-12(25-21-9)8-23-14(24)3-2-13(20-23)15-19-16(26-22-15)10-5-11(17)7-18-6-10/h2-7H,8H2,1H3. The number of aromatic nitrogens is 6. The van der Waals surface area contributed by atoms with Crippen molar-refractivity contribution in [2.24, 2.45) is 0 Å². The molecule has 0 aliphatic carbocycles. The van der Waals surface area contributed by atoms with E-state index in [2.05, 4.69) is 24.6 Å². The van der Waals surface area contributed by atoms with Gasteiger partial charge in [-0.15, -0.1) is 0 Å². The molecule has 4 rings (SSSR count). The molecule has 0 N–H and O–H groups in total. The Morgan fingerprint density at radius 3 is 2.92 bits per heavy atom. The molecule has 0 saturated heterocycles. The Hall–Kier alpha value is -2.91. The second-order valence-electron chi connectivity index (χ2n) is 5.46. The number of aryl methyl sites for hydroxylation is 1. The Labute approximate surface area is 156 Å². The van der Waals surface area contributed by atoms with E-state index in [0.717, 1.165) is 11.3 Å². The van der Waals surface area contributed by atoms with Crippen molar-refractivity contribution < 1.29 is 4.52 Å². The van der Waals surface area contributed by atoms with E-state index in [9.17, 15) is 4.79 Å². The van der Waals surface area contributed by atoms with Gasteiger partial charge in [-0.05, 0) is 30.6 Å². The maximum atomic E-state index is 12.1. The van der Waals surface area contributed by atoms with Gasteiger partial charge in [-0.25, -0.2) is 9.67 Å². The summed E-state index contributed by atoms with van der Waals surface area (Å²) >= 11 is 7.17. The van der Waals surface area contributed by atoms with Gasteiger partial charge in [0.05, 0.1) is 10.7 Å². The molecule has 0 amide bonds. The van der Waals surface area contributed by atoms with Crippen molar-refractivity contribution in [3.8, 4) is 22.1 Å². The van der Waals surface area contributed by atoms with Crippen molar-refractivity contribution in [3.63, 3.8) is 0 Å². The lowest BCUT2D eigenvalue weighted by Gasteiger charge is -2.02. The molecule has 4 aromatic heterocycles. The number of hydrogen-bond donors (Lipinski definition) is 0. The normalized spacial score (nSPS) is 11.0. The monoisotopic (exact) mass is 386 g/mol. The van der Waals surface area contributed by atoms with Gasteiger partial charge < -0.3 is 4.52 Å². The quantitative estimate of drug-likeness (QED) is 0.531. The summed E-state index contributed by atoms with van der Waals surface area (Å²) in [6.45, 7) is 1.99. The van der Waals surface area contributed by atoms with Gasteiger partial charge in [0.15, 0.2) is 11.6 Å². The van der Waals surface area contributed by atoms with Gasteiger partial charge in [0.1, 0.15) is 17.2 Å². The highest BCUT2D eigenvalue weighted by Crippen LogP contribution is 2.25. The van der Waals surface area contributed by atoms with E-state index in [4.69, 9.17) is 16.1 Å². The minimum Gasteiger partial charge on any atom is -0.359 e. The van der Waals surface area contributed by atoms with Crippen LogP contribution in [0, 0.1) is 6.92 Å². The molecule has 0 aliphatic rings. The number of pyridine rings is 1. The van der Waals surface area contributed by atoms with Gasteiger partial charge in [-0.1, -0.05) is 16.8 Å². The highest BCUT2D eigenvalue weighted by molar-refractivity contribution is 7.09. The van der Waals surface area contributed by atoms with Crippen LogP contribution in [0.25, 0.3) is 22.1 Å². The summed E-state index contributed by atoms with van der Waals surface area (Å²) in [4.78, 5) is 20.6. The van der Waals surface area contributed by atoms with Crippen LogP contribution in [0.5, 0.6) is 0 Å². The van der Waals surface area contributed by atoms with E-state index in [-0.39, 0.29) is 12.1 Å². The average molecular weight is 387 g/mol. The van der Waals surface area contributed by atoms with E-state index in [1.807, 2.05) is 6.92 Å². The maximum absolute atomic E-state index is 12.1. The molecule has 0 radical (unpaired) electrons. The SMILES string of the molecule is Cc1cc(Cn2nc(-c3nsc(-c4cncc(Cl)c4)n3)ccc2=O)on1. The number of halogens is 1. The smallest absolute Gasteiger partial charge is 0.267 e. The van der Waals surface area contributed by atoms with Gasteiger partial charge in [0.25, 0.3) is 5.56 Å². The van der Waals surface area contributed by atoms with E-state index in [0.29, 0.717) is 27.3 Å². The van der Waals surface area contributed by atoms with Crippen molar-refractivity contribution in [1.29, 1.82) is 0 Å². The zero-order chi connectivity index (χ0) is 18.1. The number of rotatable bonds is 4. The van der Waals surface area contributed by atoms with Crippen LogP contribution in [0.4, 0.5) is 0 Å². The predicted molar refractivity (Wildman–Crippen MR) is 96.0 cm³/mol. The fraction of sp³-hybridized carbons (Fsp3) is 0.125. The third-order valence-electron chi connectivity index (χ3n) is 3.46. The molecule has 0 spiro atoms. The average Bonchev–Trinajstić information content (AvgIpc) is 3.26.